The van der Waals surface area contributed by atoms with Crippen molar-refractivity contribution in [2.24, 2.45) is 0 Å². The van der Waals surface area contributed by atoms with E-state index in [9.17, 15) is 4.79 Å². The summed E-state index contributed by atoms with van der Waals surface area (Å²) in [6.07, 6.45) is 5.60. The molecule has 2 aliphatic heterocycles. The van der Waals surface area contributed by atoms with E-state index >= 15 is 0 Å². The van der Waals surface area contributed by atoms with Crippen LogP contribution in [0.25, 0.3) is 5.57 Å². The first-order valence-corrected chi connectivity index (χ1v) is 11.8. The first-order chi connectivity index (χ1) is 16.2. The molecule has 0 radical (unpaired) electrons. The highest BCUT2D eigenvalue weighted by molar-refractivity contribution is 5.97. The third-order valence-electron chi connectivity index (χ3n) is 6.72. The van der Waals surface area contributed by atoms with Crippen molar-refractivity contribution in [2.45, 2.75) is 33.2 Å². The molecule has 2 aliphatic rings. The molecule has 3 heterocycles. The quantitative estimate of drug-likeness (QED) is 0.382. The van der Waals surface area contributed by atoms with Crippen LogP contribution in [0, 0.1) is 0 Å². The van der Waals surface area contributed by atoms with Gasteiger partial charge in [-0.05, 0) is 62.6 Å². The lowest BCUT2D eigenvalue weighted by molar-refractivity contribution is 0.0772. The lowest BCUT2D eigenvalue weighted by Gasteiger charge is -2.32. The van der Waals surface area contributed by atoms with Crippen LogP contribution in [0.3, 0.4) is 0 Å². The molecule has 0 spiro atoms. The number of nitrogens with zero attached hydrogens (tertiary/aromatic N) is 2. The van der Waals surface area contributed by atoms with Crippen molar-refractivity contribution in [3.63, 3.8) is 0 Å². The Balaban J connectivity index is 1.48. The van der Waals surface area contributed by atoms with Gasteiger partial charge in [0.15, 0.2) is 0 Å². The molecule has 0 unspecified atom stereocenters. The second-order valence-electron chi connectivity index (χ2n) is 8.67. The Labute approximate surface area is 195 Å². The molecular formula is C28H30N2O3. The standard InChI is InChI=1S/C28H30N2O3/c1-3-30(4-2)28(31)22-9-10-24-26(17-22)33-25-8-6-5-7-23(25)27(24)21-11-14-29(15-12-21)18-20-13-16-32-19-20/h5-10,13,16-17,19H,3-4,11-12,14-15,18H2,1-2H3. The number of ether oxygens (including phenoxy) is 1. The molecular weight excluding hydrogens is 412 g/mol. The van der Waals surface area contributed by atoms with Gasteiger partial charge < -0.3 is 14.1 Å². The van der Waals surface area contributed by atoms with Gasteiger partial charge in [0, 0.05) is 55.0 Å². The van der Waals surface area contributed by atoms with Gasteiger partial charge in [0.05, 0.1) is 12.5 Å². The molecule has 5 nitrogen and oxygen atoms in total. The van der Waals surface area contributed by atoms with Crippen LogP contribution in [0.2, 0.25) is 0 Å². The number of fused-ring (bicyclic) bond motifs is 2. The van der Waals surface area contributed by atoms with E-state index in [0.29, 0.717) is 18.7 Å². The van der Waals surface area contributed by atoms with Crippen LogP contribution < -0.4 is 4.74 Å². The fourth-order valence-electron chi connectivity index (χ4n) is 4.92. The predicted molar refractivity (Wildman–Crippen MR) is 129 cm³/mol. The van der Waals surface area contributed by atoms with Crippen molar-refractivity contribution in [3.8, 4) is 11.5 Å². The molecule has 1 fully saturated rings. The monoisotopic (exact) mass is 442 g/mol. The van der Waals surface area contributed by atoms with Crippen molar-refractivity contribution < 1.29 is 13.9 Å². The molecule has 1 amide bonds. The van der Waals surface area contributed by atoms with E-state index in [1.54, 1.807) is 6.26 Å². The Hall–Kier alpha value is -3.31. The maximum Gasteiger partial charge on any atom is 0.253 e. The summed E-state index contributed by atoms with van der Waals surface area (Å²) in [5.41, 5.74) is 6.86. The summed E-state index contributed by atoms with van der Waals surface area (Å²) in [4.78, 5) is 17.3. The number of carbonyl (C=O) groups is 1. The number of piperidine rings is 1. The summed E-state index contributed by atoms with van der Waals surface area (Å²) in [6.45, 7) is 8.36. The molecule has 1 saturated heterocycles. The Morgan fingerprint density at radius 1 is 0.970 bits per heavy atom. The van der Waals surface area contributed by atoms with E-state index < -0.39 is 0 Å². The molecule has 3 aromatic rings. The average Bonchev–Trinajstić information content (AvgIpc) is 3.36. The van der Waals surface area contributed by atoms with Crippen LogP contribution in [-0.2, 0) is 6.54 Å². The fraction of sp³-hybridized carbons (Fsp3) is 0.321. The van der Waals surface area contributed by atoms with Crippen molar-refractivity contribution in [3.05, 3.63) is 88.9 Å². The van der Waals surface area contributed by atoms with E-state index in [4.69, 9.17) is 9.15 Å². The minimum Gasteiger partial charge on any atom is -0.472 e. The highest BCUT2D eigenvalue weighted by Gasteiger charge is 2.28. The van der Waals surface area contributed by atoms with Crippen molar-refractivity contribution in [1.29, 1.82) is 0 Å². The van der Waals surface area contributed by atoms with Gasteiger partial charge in [-0.1, -0.05) is 23.8 Å². The first kappa shape index (κ1) is 21.5. The highest BCUT2D eigenvalue weighted by atomic mass is 16.5. The number of carbonyl (C=O) groups excluding carboxylic acids is 1. The molecule has 0 atom stereocenters. The number of amides is 1. The summed E-state index contributed by atoms with van der Waals surface area (Å²) in [5.74, 6) is 1.68. The summed E-state index contributed by atoms with van der Waals surface area (Å²) in [5, 5.41) is 0. The Kier molecular flexibility index (Phi) is 6.05. The van der Waals surface area contributed by atoms with Gasteiger partial charge in [-0.25, -0.2) is 0 Å². The summed E-state index contributed by atoms with van der Waals surface area (Å²) in [7, 11) is 0. The van der Waals surface area contributed by atoms with E-state index in [1.165, 1.54) is 16.7 Å². The SMILES string of the molecule is CCN(CC)C(=O)c1ccc2c(c1)Oc1ccccc1C2=C1CCN(Cc2ccoc2)CC1. The molecule has 0 saturated carbocycles. The normalized spacial score (nSPS) is 15.6. The van der Waals surface area contributed by atoms with Gasteiger partial charge in [0.25, 0.3) is 5.91 Å². The molecule has 0 N–H and O–H groups in total. The molecule has 0 aliphatic carbocycles. The molecule has 5 heteroatoms. The maximum atomic E-state index is 12.9. The number of benzene rings is 2. The molecule has 170 valence electrons. The van der Waals surface area contributed by atoms with Crippen LogP contribution in [0.15, 0.2) is 71.0 Å². The van der Waals surface area contributed by atoms with Crippen LogP contribution >= 0.6 is 0 Å². The zero-order chi connectivity index (χ0) is 22.8. The summed E-state index contributed by atoms with van der Waals surface area (Å²) in [6, 6.07) is 16.2. The number of para-hydroxylation sites is 1. The van der Waals surface area contributed by atoms with Crippen LogP contribution in [-0.4, -0.2) is 41.9 Å². The zero-order valence-corrected chi connectivity index (χ0v) is 19.3. The first-order valence-electron chi connectivity index (χ1n) is 11.8. The van der Waals surface area contributed by atoms with Gasteiger partial charge in [0.2, 0.25) is 0 Å². The Morgan fingerprint density at radius 3 is 2.45 bits per heavy atom. The summed E-state index contributed by atoms with van der Waals surface area (Å²) >= 11 is 0. The highest BCUT2D eigenvalue weighted by Crippen LogP contribution is 2.46. The minimum atomic E-state index is 0.0482. The van der Waals surface area contributed by atoms with E-state index in [0.717, 1.165) is 55.1 Å². The second kappa shape index (κ2) is 9.28. The van der Waals surface area contributed by atoms with E-state index in [2.05, 4.69) is 23.1 Å². The maximum absolute atomic E-state index is 12.9. The Bertz CT molecular complexity index is 1170. The van der Waals surface area contributed by atoms with Gasteiger partial charge >= 0.3 is 0 Å². The van der Waals surface area contributed by atoms with Gasteiger partial charge in [-0.3, -0.25) is 9.69 Å². The second-order valence-corrected chi connectivity index (χ2v) is 8.67. The molecule has 2 aromatic carbocycles. The zero-order valence-electron chi connectivity index (χ0n) is 19.3. The molecule has 1 aromatic heterocycles. The third-order valence-corrected chi connectivity index (χ3v) is 6.72. The van der Waals surface area contributed by atoms with Crippen molar-refractivity contribution in [2.75, 3.05) is 26.2 Å². The van der Waals surface area contributed by atoms with Crippen LogP contribution in [0.4, 0.5) is 0 Å². The van der Waals surface area contributed by atoms with E-state index in [-0.39, 0.29) is 5.91 Å². The number of hydrogen-bond donors (Lipinski definition) is 0. The van der Waals surface area contributed by atoms with Crippen molar-refractivity contribution >= 4 is 11.5 Å². The topological polar surface area (TPSA) is 45.9 Å². The predicted octanol–water partition coefficient (Wildman–Crippen LogP) is 5.97. The third kappa shape index (κ3) is 4.21. The van der Waals surface area contributed by atoms with E-state index in [1.807, 2.05) is 55.3 Å². The number of furan rings is 1. The fourth-order valence-corrected chi connectivity index (χ4v) is 4.92. The van der Waals surface area contributed by atoms with Crippen LogP contribution in [0.5, 0.6) is 11.5 Å². The molecule has 0 bridgehead atoms. The van der Waals surface area contributed by atoms with Gasteiger partial charge in [0.1, 0.15) is 11.5 Å². The average molecular weight is 443 g/mol. The Morgan fingerprint density at radius 2 is 1.73 bits per heavy atom. The lowest BCUT2D eigenvalue weighted by atomic mass is 9.85. The molecule has 33 heavy (non-hydrogen) atoms. The van der Waals surface area contributed by atoms with Gasteiger partial charge in [-0.2, -0.15) is 0 Å². The smallest absolute Gasteiger partial charge is 0.253 e. The minimum absolute atomic E-state index is 0.0482. The van der Waals surface area contributed by atoms with Crippen LogP contribution in [0.1, 0.15) is 53.7 Å². The molecule has 5 rings (SSSR count). The van der Waals surface area contributed by atoms with Crippen molar-refractivity contribution in [1.82, 2.24) is 9.80 Å². The lowest BCUT2D eigenvalue weighted by Crippen LogP contribution is -2.31. The number of likely N-dealkylation sites (tertiary alicyclic amines) is 1. The number of rotatable bonds is 5. The summed E-state index contributed by atoms with van der Waals surface area (Å²) < 4.78 is 11.5. The number of hydrogen-bond acceptors (Lipinski definition) is 4. The largest absolute Gasteiger partial charge is 0.472 e. The van der Waals surface area contributed by atoms with Gasteiger partial charge in [-0.15, -0.1) is 0 Å².